The second-order valence-electron chi connectivity index (χ2n) is 5.46. The van der Waals surface area contributed by atoms with E-state index in [4.69, 9.17) is 4.98 Å². The largest absolute Gasteiger partial charge is 0.310 e. The van der Waals surface area contributed by atoms with Crippen molar-refractivity contribution in [1.82, 2.24) is 15.2 Å². The molecule has 2 heterocycles. The van der Waals surface area contributed by atoms with Gasteiger partial charge in [0.2, 0.25) is 0 Å². The first-order chi connectivity index (χ1) is 10.2. The minimum absolute atomic E-state index is 0.534. The van der Waals surface area contributed by atoms with Gasteiger partial charge in [0.25, 0.3) is 0 Å². The van der Waals surface area contributed by atoms with Crippen molar-refractivity contribution in [2.24, 2.45) is 0 Å². The second-order valence-corrected chi connectivity index (χ2v) is 7.43. The summed E-state index contributed by atoms with van der Waals surface area (Å²) in [6, 6.07) is 4.88. The van der Waals surface area contributed by atoms with Gasteiger partial charge in [-0.05, 0) is 44.8 Å². The lowest BCUT2D eigenvalue weighted by Crippen LogP contribution is -2.30. The van der Waals surface area contributed by atoms with E-state index >= 15 is 0 Å². The van der Waals surface area contributed by atoms with E-state index in [1.807, 2.05) is 11.3 Å². The Bertz CT molecular complexity index is 507. The van der Waals surface area contributed by atoms with E-state index in [2.05, 4.69) is 54.0 Å². The van der Waals surface area contributed by atoms with E-state index in [1.165, 1.54) is 22.0 Å². The molecule has 1 unspecified atom stereocenters. The Morgan fingerprint density at radius 1 is 1.38 bits per heavy atom. The lowest BCUT2D eigenvalue weighted by Gasteiger charge is -2.23. The van der Waals surface area contributed by atoms with Crippen LogP contribution < -0.4 is 5.32 Å². The van der Waals surface area contributed by atoms with E-state index in [9.17, 15) is 0 Å². The Balaban J connectivity index is 1.80. The first-order valence-corrected chi connectivity index (χ1v) is 9.31. The molecule has 5 heteroatoms. The Morgan fingerprint density at radius 3 is 2.95 bits per heavy atom. The zero-order chi connectivity index (χ0) is 15.1. The van der Waals surface area contributed by atoms with Crippen molar-refractivity contribution in [3.8, 4) is 0 Å². The predicted octanol–water partition coefficient (Wildman–Crippen LogP) is 3.77. The second kappa shape index (κ2) is 8.63. The summed E-state index contributed by atoms with van der Waals surface area (Å²) in [5.41, 5.74) is 1.19. The van der Waals surface area contributed by atoms with Crippen LogP contribution >= 0.6 is 22.7 Å². The quantitative estimate of drug-likeness (QED) is 0.712. The minimum Gasteiger partial charge on any atom is -0.310 e. The molecule has 0 aliphatic rings. The number of thiazole rings is 1. The maximum absolute atomic E-state index is 4.72. The summed E-state index contributed by atoms with van der Waals surface area (Å²) in [6.45, 7) is 7.36. The highest BCUT2D eigenvalue weighted by Gasteiger charge is 2.12. The molecule has 116 valence electrons. The Kier molecular flexibility index (Phi) is 6.83. The predicted molar refractivity (Wildman–Crippen MR) is 93.1 cm³/mol. The summed E-state index contributed by atoms with van der Waals surface area (Å²) < 4.78 is 0. The summed E-state index contributed by atoms with van der Waals surface area (Å²) in [4.78, 5) is 8.56. The molecule has 0 radical (unpaired) electrons. The number of rotatable bonds is 9. The zero-order valence-corrected chi connectivity index (χ0v) is 14.8. The van der Waals surface area contributed by atoms with E-state index in [0.29, 0.717) is 6.04 Å². The zero-order valence-electron chi connectivity index (χ0n) is 13.1. The number of hydrogen-bond donors (Lipinski definition) is 1. The van der Waals surface area contributed by atoms with Crippen LogP contribution in [0.5, 0.6) is 0 Å². The molecule has 2 aromatic rings. The van der Waals surface area contributed by atoms with Crippen molar-refractivity contribution < 1.29 is 0 Å². The van der Waals surface area contributed by atoms with Crippen LogP contribution in [0.15, 0.2) is 22.9 Å². The van der Waals surface area contributed by atoms with Gasteiger partial charge < -0.3 is 5.32 Å². The van der Waals surface area contributed by atoms with Crippen LogP contribution in [-0.4, -0.2) is 29.5 Å². The Hall–Kier alpha value is -0.750. The van der Waals surface area contributed by atoms with Crippen LogP contribution in [0.4, 0.5) is 0 Å². The van der Waals surface area contributed by atoms with Crippen molar-refractivity contribution in [3.63, 3.8) is 0 Å². The summed E-state index contributed by atoms with van der Waals surface area (Å²) in [6.07, 6.45) is 2.28. The molecule has 3 nitrogen and oxygen atoms in total. The third kappa shape index (κ3) is 5.51. The third-order valence-electron chi connectivity index (χ3n) is 3.54. The number of nitrogens with zero attached hydrogens (tertiary/aromatic N) is 2. The molecule has 2 aromatic heterocycles. The highest BCUT2D eigenvalue weighted by Crippen LogP contribution is 2.16. The Labute approximate surface area is 136 Å². The average molecular weight is 324 g/mol. The molecule has 0 aromatic carbocycles. The highest BCUT2D eigenvalue weighted by atomic mass is 32.1. The van der Waals surface area contributed by atoms with Crippen molar-refractivity contribution in [1.29, 1.82) is 0 Å². The maximum Gasteiger partial charge on any atom is 0.107 e. The number of nitrogens with one attached hydrogen (secondary N) is 1. The summed E-state index contributed by atoms with van der Waals surface area (Å²) >= 11 is 3.60. The number of thiophene rings is 1. The SMILES string of the molecule is CCCNCc1nc(CN(C)C(C)Cc2cccs2)cs1. The number of hydrogen-bond acceptors (Lipinski definition) is 5. The molecule has 0 aliphatic heterocycles. The van der Waals surface area contributed by atoms with Crippen LogP contribution in [0.1, 0.15) is 35.8 Å². The lowest BCUT2D eigenvalue weighted by molar-refractivity contribution is 0.246. The van der Waals surface area contributed by atoms with Gasteiger partial charge in [-0.2, -0.15) is 0 Å². The van der Waals surface area contributed by atoms with Gasteiger partial charge in [0, 0.05) is 29.4 Å². The maximum atomic E-state index is 4.72. The first-order valence-electron chi connectivity index (χ1n) is 7.55. The van der Waals surface area contributed by atoms with E-state index in [1.54, 1.807) is 11.3 Å². The van der Waals surface area contributed by atoms with Gasteiger partial charge in [-0.3, -0.25) is 4.90 Å². The molecule has 21 heavy (non-hydrogen) atoms. The summed E-state index contributed by atoms with van der Waals surface area (Å²) in [5.74, 6) is 0. The fraction of sp³-hybridized carbons (Fsp3) is 0.562. The van der Waals surface area contributed by atoms with Gasteiger partial charge in [-0.25, -0.2) is 4.98 Å². The molecule has 0 spiro atoms. The fourth-order valence-electron chi connectivity index (χ4n) is 2.16. The molecule has 1 N–H and O–H groups in total. The molecule has 0 fully saturated rings. The van der Waals surface area contributed by atoms with Gasteiger partial charge in [-0.1, -0.05) is 13.0 Å². The molecule has 0 aliphatic carbocycles. The smallest absolute Gasteiger partial charge is 0.107 e. The molecule has 0 saturated heterocycles. The summed E-state index contributed by atoms with van der Waals surface area (Å²) in [7, 11) is 2.19. The van der Waals surface area contributed by atoms with Crippen LogP contribution in [0.2, 0.25) is 0 Å². The molecular weight excluding hydrogens is 298 g/mol. The lowest BCUT2D eigenvalue weighted by atomic mass is 10.2. The van der Waals surface area contributed by atoms with Gasteiger partial charge in [0.05, 0.1) is 5.69 Å². The van der Waals surface area contributed by atoms with Crippen molar-refractivity contribution in [3.05, 3.63) is 38.5 Å². The molecule has 0 saturated carbocycles. The van der Waals surface area contributed by atoms with Gasteiger partial charge in [0.1, 0.15) is 5.01 Å². The molecule has 0 bridgehead atoms. The third-order valence-corrected chi connectivity index (χ3v) is 5.34. The van der Waals surface area contributed by atoms with Crippen LogP contribution in [-0.2, 0) is 19.5 Å². The number of likely N-dealkylation sites (N-methyl/N-ethyl adjacent to an activating group) is 1. The van der Waals surface area contributed by atoms with E-state index in [-0.39, 0.29) is 0 Å². The fourth-order valence-corrected chi connectivity index (χ4v) is 3.74. The van der Waals surface area contributed by atoms with Crippen LogP contribution in [0.25, 0.3) is 0 Å². The van der Waals surface area contributed by atoms with Crippen molar-refractivity contribution >= 4 is 22.7 Å². The van der Waals surface area contributed by atoms with E-state index in [0.717, 1.165) is 26.1 Å². The molecule has 2 rings (SSSR count). The summed E-state index contributed by atoms with van der Waals surface area (Å²) in [5, 5.41) is 8.94. The molecule has 0 amide bonds. The van der Waals surface area contributed by atoms with Gasteiger partial charge >= 0.3 is 0 Å². The van der Waals surface area contributed by atoms with Gasteiger partial charge in [-0.15, -0.1) is 22.7 Å². The van der Waals surface area contributed by atoms with Crippen LogP contribution in [0, 0.1) is 0 Å². The molecule has 1 atom stereocenters. The first kappa shape index (κ1) is 16.6. The topological polar surface area (TPSA) is 28.2 Å². The Morgan fingerprint density at radius 2 is 2.24 bits per heavy atom. The van der Waals surface area contributed by atoms with E-state index < -0.39 is 0 Å². The molecular formula is C16H25N3S2. The number of aromatic nitrogens is 1. The monoisotopic (exact) mass is 323 g/mol. The highest BCUT2D eigenvalue weighted by molar-refractivity contribution is 7.10. The normalized spacial score (nSPS) is 13.0. The van der Waals surface area contributed by atoms with Crippen LogP contribution in [0.3, 0.4) is 0 Å². The van der Waals surface area contributed by atoms with Gasteiger partial charge in [0.15, 0.2) is 0 Å². The van der Waals surface area contributed by atoms with Crippen molar-refractivity contribution in [2.75, 3.05) is 13.6 Å². The standard InChI is InChI=1S/C16H25N3S2/c1-4-7-17-10-16-18-14(12-21-16)11-19(3)13(2)9-15-6-5-8-20-15/h5-6,8,12-13,17H,4,7,9-11H2,1-3H3. The van der Waals surface area contributed by atoms with Crippen molar-refractivity contribution in [2.45, 2.75) is 45.8 Å². The average Bonchev–Trinajstić information content (AvgIpc) is 3.11. The minimum atomic E-state index is 0.534.